The summed E-state index contributed by atoms with van der Waals surface area (Å²) in [5, 5.41) is 2.76. The van der Waals surface area contributed by atoms with E-state index >= 15 is 0 Å². The van der Waals surface area contributed by atoms with Gasteiger partial charge >= 0.3 is 0 Å². The molecule has 0 spiro atoms. The van der Waals surface area contributed by atoms with Gasteiger partial charge in [0.05, 0.1) is 11.4 Å². The van der Waals surface area contributed by atoms with Crippen LogP contribution in [0.3, 0.4) is 0 Å². The summed E-state index contributed by atoms with van der Waals surface area (Å²) < 4.78 is 0. The Kier molecular flexibility index (Phi) is 1.58. The number of benzene rings is 1. The third-order valence-electron chi connectivity index (χ3n) is 1.59. The summed E-state index contributed by atoms with van der Waals surface area (Å²) in [6, 6.07) is 7.64. The van der Waals surface area contributed by atoms with Crippen LogP contribution in [-0.2, 0) is 0 Å². The lowest BCUT2D eigenvalue weighted by molar-refractivity contribution is 0.0955. The number of nitrogens with one attached hydrogen (secondary N) is 1. The molecule has 1 amide bonds. The molecule has 1 N–H and O–H groups in total. The maximum Gasteiger partial charge on any atom is 0.253 e. The number of thioether (sulfide) groups is 1. The third kappa shape index (κ3) is 1.12. The van der Waals surface area contributed by atoms with Crippen LogP contribution in [0.2, 0.25) is 0 Å². The Morgan fingerprint density at radius 1 is 1.36 bits per heavy atom. The van der Waals surface area contributed by atoms with Crippen molar-refractivity contribution in [3.63, 3.8) is 0 Å². The highest BCUT2D eigenvalue weighted by Gasteiger charge is 2.14. The molecule has 1 heterocycles. The van der Waals surface area contributed by atoms with E-state index in [9.17, 15) is 4.79 Å². The fourth-order valence-corrected chi connectivity index (χ4v) is 1.90. The number of hydrogen-bond acceptors (Lipinski definition) is 2. The van der Waals surface area contributed by atoms with Crippen molar-refractivity contribution in [1.82, 2.24) is 5.32 Å². The molecule has 1 aromatic rings. The number of fused-ring (bicyclic) bond motifs is 1. The van der Waals surface area contributed by atoms with E-state index < -0.39 is 0 Å². The molecular formula is C8H7NOS. The van der Waals surface area contributed by atoms with Gasteiger partial charge in [0.15, 0.2) is 0 Å². The summed E-state index contributed by atoms with van der Waals surface area (Å²) in [4.78, 5) is 12.2. The number of carbonyl (C=O) groups is 1. The van der Waals surface area contributed by atoms with E-state index in [1.54, 1.807) is 11.8 Å². The predicted octanol–water partition coefficient (Wildman–Crippen LogP) is 1.48. The van der Waals surface area contributed by atoms with E-state index in [1.807, 2.05) is 24.3 Å². The van der Waals surface area contributed by atoms with Crippen molar-refractivity contribution in [2.45, 2.75) is 4.90 Å². The molecule has 2 rings (SSSR count). The van der Waals surface area contributed by atoms with Crippen molar-refractivity contribution in [2.75, 3.05) is 5.88 Å². The van der Waals surface area contributed by atoms with Crippen LogP contribution in [0.1, 0.15) is 10.4 Å². The van der Waals surface area contributed by atoms with Gasteiger partial charge in [-0.3, -0.25) is 4.79 Å². The molecule has 11 heavy (non-hydrogen) atoms. The first-order chi connectivity index (χ1) is 5.38. The lowest BCUT2D eigenvalue weighted by Crippen LogP contribution is -2.26. The summed E-state index contributed by atoms with van der Waals surface area (Å²) in [5.74, 6) is 0.731. The van der Waals surface area contributed by atoms with Crippen molar-refractivity contribution in [3.05, 3.63) is 29.8 Å². The lowest BCUT2D eigenvalue weighted by atomic mass is 10.2. The van der Waals surface area contributed by atoms with Crippen LogP contribution >= 0.6 is 11.8 Å². The fraction of sp³-hybridized carbons (Fsp3) is 0.125. The topological polar surface area (TPSA) is 29.1 Å². The smallest absolute Gasteiger partial charge is 0.253 e. The van der Waals surface area contributed by atoms with Crippen LogP contribution in [0, 0.1) is 0 Å². The molecule has 3 heteroatoms. The quantitative estimate of drug-likeness (QED) is 0.631. The van der Waals surface area contributed by atoms with Gasteiger partial charge in [-0.15, -0.1) is 11.8 Å². The van der Waals surface area contributed by atoms with E-state index in [-0.39, 0.29) is 5.91 Å². The zero-order valence-electron chi connectivity index (χ0n) is 5.83. The minimum Gasteiger partial charge on any atom is -0.343 e. The second-order valence-corrected chi connectivity index (χ2v) is 3.31. The molecule has 0 bridgehead atoms. The zero-order valence-corrected chi connectivity index (χ0v) is 6.65. The highest BCUT2D eigenvalue weighted by molar-refractivity contribution is 7.99. The SMILES string of the molecule is O=C1NCSc2ccccc21. The van der Waals surface area contributed by atoms with Gasteiger partial charge in [0, 0.05) is 4.90 Å². The van der Waals surface area contributed by atoms with E-state index in [0.29, 0.717) is 5.88 Å². The summed E-state index contributed by atoms with van der Waals surface area (Å²) in [7, 11) is 0. The van der Waals surface area contributed by atoms with Crippen molar-refractivity contribution >= 4 is 17.7 Å². The summed E-state index contributed by atoms with van der Waals surface area (Å²) >= 11 is 1.66. The van der Waals surface area contributed by atoms with E-state index in [4.69, 9.17) is 0 Å². The zero-order chi connectivity index (χ0) is 7.68. The predicted molar refractivity (Wildman–Crippen MR) is 44.6 cm³/mol. The molecule has 0 unspecified atom stereocenters. The van der Waals surface area contributed by atoms with Crippen LogP contribution in [0.15, 0.2) is 29.2 Å². The van der Waals surface area contributed by atoms with E-state index in [1.165, 1.54) is 0 Å². The van der Waals surface area contributed by atoms with Gasteiger partial charge in [0.25, 0.3) is 5.91 Å². The first kappa shape index (κ1) is 6.73. The number of rotatable bonds is 0. The van der Waals surface area contributed by atoms with Crippen molar-refractivity contribution in [2.24, 2.45) is 0 Å². The van der Waals surface area contributed by atoms with Crippen LogP contribution in [0.5, 0.6) is 0 Å². The molecule has 0 aliphatic carbocycles. The van der Waals surface area contributed by atoms with Gasteiger partial charge in [0.2, 0.25) is 0 Å². The van der Waals surface area contributed by atoms with E-state index in [0.717, 1.165) is 10.5 Å². The lowest BCUT2D eigenvalue weighted by Gasteiger charge is -2.14. The highest BCUT2D eigenvalue weighted by atomic mass is 32.2. The second-order valence-electron chi connectivity index (χ2n) is 2.29. The Hall–Kier alpha value is -0.960. The van der Waals surface area contributed by atoms with Gasteiger partial charge in [-0.25, -0.2) is 0 Å². The normalized spacial score (nSPS) is 15.5. The Bertz CT molecular complexity index is 298. The van der Waals surface area contributed by atoms with Crippen molar-refractivity contribution in [1.29, 1.82) is 0 Å². The molecule has 0 aromatic heterocycles. The Balaban J connectivity index is 2.52. The Labute approximate surface area is 69.0 Å². The summed E-state index contributed by atoms with van der Waals surface area (Å²) in [5.41, 5.74) is 0.795. The molecule has 1 aromatic carbocycles. The minimum atomic E-state index is 0.0411. The van der Waals surface area contributed by atoms with Crippen LogP contribution < -0.4 is 5.32 Å². The number of hydrogen-bond donors (Lipinski definition) is 1. The van der Waals surface area contributed by atoms with Crippen LogP contribution in [0.25, 0.3) is 0 Å². The molecule has 0 atom stereocenters. The van der Waals surface area contributed by atoms with E-state index in [2.05, 4.69) is 5.32 Å². The first-order valence-electron chi connectivity index (χ1n) is 3.38. The Morgan fingerprint density at radius 2 is 2.18 bits per heavy atom. The highest BCUT2D eigenvalue weighted by Crippen LogP contribution is 2.24. The standard InChI is InChI=1S/C8H7NOS/c10-8-6-3-1-2-4-7(6)11-5-9-8/h1-4H,5H2,(H,9,10). The Morgan fingerprint density at radius 3 is 3.00 bits per heavy atom. The largest absolute Gasteiger partial charge is 0.343 e. The van der Waals surface area contributed by atoms with Gasteiger partial charge in [-0.1, -0.05) is 12.1 Å². The van der Waals surface area contributed by atoms with Gasteiger partial charge in [-0.05, 0) is 12.1 Å². The average molecular weight is 165 g/mol. The van der Waals surface area contributed by atoms with Crippen molar-refractivity contribution < 1.29 is 4.79 Å². The molecule has 56 valence electrons. The molecule has 0 saturated carbocycles. The van der Waals surface area contributed by atoms with Crippen LogP contribution in [0.4, 0.5) is 0 Å². The molecule has 0 fully saturated rings. The second kappa shape index (κ2) is 2.58. The van der Waals surface area contributed by atoms with Gasteiger partial charge in [0.1, 0.15) is 0 Å². The number of carbonyl (C=O) groups excluding carboxylic acids is 1. The molecule has 1 aliphatic heterocycles. The minimum absolute atomic E-state index is 0.0411. The maximum atomic E-state index is 11.2. The van der Waals surface area contributed by atoms with Crippen LogP contribution in [-0.4, -0.2) is 11.8 Å². The third-order valence-corrected chi connectivity index (χ3v) is 2.55. The van der Waals surface area contributed by atoms with Gasteiger partial charge < -0.3 is 5.32 Å². The first-order valence-corrected chi connectivity index (χ1v) is 4.36. The average Bonchev–Trinajstić information content (AvgIpc) is 2.06. The molecule has 2 nitrogen and oxygen atoms in total. The summed E-state index contributed by atoms with van der Waals surface area (Å²) in [6.07, 6.45) is 0. The molecular weight excluding hydrogens is 158 g/mol. The fourth-order valence-electron chi connectivity index (χ4n) is 1.05. The van der Waals surface area contributed by atoms with Crippen molar-refractivity contribution in [3.8, 4) is 0 Å². The monoisotopic (exact) mass is 165 g/mol. The molecule has 1 aliphatic rings. The molecule has 0 radical (unpaired) electrons. The summed E-state index contributed by atoms with van der Waals surface area (Å²) in [6.45, 7) is 0. The number of amides is 1. The maximum absolute atomic E-state index is 11.2. The van der Waals surface area contributed by atoms with Gasteiger partial charge in [-0.2, -0.15) is 0 Å². The molecule has 0 saturated heterocycles.